The lowest BCUT2D eigenvalue weighted by Crippen LogP contribution is -2.92. The van der Waals surface area contributed by atoms with E-state index in [-0.39, 0.29) is 18.0 Å². The van der Waals surface area contributed by atoms with Crippen molar-refractivity contribution in [1.82, 2.24) is 5.32 Å². The van der Waals surface area contributed by atoms with Crippen molar-refractivity contribution in [2.24, 2.45) is 0 Å². The number of carbonyl (C=O) groups is 1. The van der Waals surface area contributed by atoms with E-state index in [0.717, 1.165) is 5.56 Å². The topological polar surface area (TPSA) is 45.7 Å². The summed E-state index contributed by atoms with van der Waals surface area (Å²) in [5, 5.41) is 5.19. The maximum absolute atomic E-state index is 12.6. The van der Waals surface area contributed by atoms with E-state index < -0.39 is 0 Å². The van der Waals surface area contributed by atoms with Gasteiger partial charge in [0, 0.05) is 17.7 Å². The Morgan fingerprint density at radius 1 is 0.852 bits per heavy atom. The van der Waals surface area contributed by atoms with Gasteiger partial charge in [0.05, 0.1) is 0 Å². The predicted octanol–water partition coefficient (Wildman–Crippen LogP) is 3.35. The van der Waals surface area contributed by atoms with Crippen molar-refractivity contribution in [2.45, 2.75) is 32.5 Å². The fourth-order valence-electron chi connectivity index (χ4n) is 3.17. The summed E-state index contributed by atoms with van der Waals surface area (Å²) in [5.41, 5.74) is 4.73. The molecule has 27 heavy (non-hydrogen) atoms. The minimum absolute atomic E-state index is 0.0486. The van der Waals surface area contributed by atoms with Crippen molar-refractivity contribution < 1.29 is 10.1 Å². The molecule has 1 amide bonds. The third kappa shape index (κ3) is 5.28. The summed E-state index contributed by atoms with van der Waals surface area (Å²) >= 11 is 0. The van der Waals surface area contributed by atoms with Crippen molar-refractivity contribution >= 4 is 5.91 Å². The second-order valence-electron chi connectivity index (χ2n) is 6.98. The molecular weight excluding hydrogens is 332 g/mol. The number of aryl methyl sites for hydroxylation is 1. The lowest BCUT2D eigenvalue weighted by molar-refractivity contribution is -0.704. The van der Waals surface area contributed by atoms with Crippen molar-refractivity contribution in [3.05, 3.63) is 107 Å². The van der Waals surface area contributed by atoms with E-state index in [1.165, 1.54) is 16.7 Å². The van der Waals surface area contributed by atoms with Crippen LogP contribution in [0.2, 0.25) is 0 Å². The lowest BCUT2D eigenvalue weighted by atomic mass is 9.98. The summed E-state index contributed by atoms with van der Waals surface area (Å²) in [7, 11) is 0. The fraction of sp³-hybridized carbons (Fsp3) is 0.208. The Morgan fingerprint density at radius 3 is 1.89 bits per heavy atom. The van der Waals surface area contributed by atoms with Gasteiger partial charge in [-0.05, 0) is 19.4 Å². The highest BCUT2D eigenvalue weighted by molar-refractivity contribution is 5.79. The molecule has 3 aromatic rings. The molecule has 3 N–H and O–H groups in total. The van der Waals surface area contributed by atoms with Gasteiger partial charge < -0.3 is 10.6 Å². The molecule has 0 fully saturated rings. The first kappa shape index (κ1) is 18.9. The number of carbonyl (C=O) groups excluding carboxylic acids is 1. The molecule has 3 heteroatoms. The molecule has 0 unspecified atom stereocenters. The summed E-state index contributed by atoms with van der Waals surface area (Å²) in [6.07, 6.45) is 0. The molecule has 0 aliphatic heterocycles. The average molecular weight is 359 g/mol. The quantitative estimate of drug-likeness (QED) is 0.668. The summed E-state index contributed by atoms with van der Waals surface area (Å²) in [4.78, 5) is 12.6. The third-order valence-electron chi connectivity index (χ3n) is 4.80. The van der Waals surface area contributed by atoms with Gasteiger partial charge in [-0.1, -0.05) is 90.5 Å². The maximum Gasteiger partial charge on any atom is 0.278 e. The predicted molar refractivity (Wildman–Crippen MR) is 109 cm³/mol. The van der Waals surface area contributed by atoms with Gasteiger partial charge in [0.15, 0.2) is 6.04 Å². The first-order chi connectivity index (χ1) is 13.1. The van der Waals surface area contributed by atoms with Crippen LogP contribution in [-0.2, 0) is 11.3 Å². The van der Waals surface area contributed by atoms with E-state index in [0.29, 0.717) is 6.54 Å². The second kappa shape index (κ2) is 9.15. The van der Waals surface area contributed by atoms with Crippen molar-refractivity contribution in [3.63, 3.8) is 0 Å². The third-order valence-corrected chi connectivity index (χ3v) is 4.80. The molecule has 0 aliphatic carbocycles. The normalized spacial score (nSPS) is 12.0. The Balaban J connectivity index is 1.67. The van der Waals surface area contributed by atoms with Crippen LogP contribution in [-0.4, -0.2) is 11.9 Å². The number of hydrogen-bond acceptors (Lipinski definition) is 1. The molecule has 0 spiro atoms. The van der Waals surface area contributed by atoms with Crippen LogP contribution in [0.3, 0.4) is 0 Å². The van der Waals surface area contributed by atoms with Crippen LogP contribution in [0.15, 0.2) is 84.9 Å². The van der Waals surface area contributed by atoms with Crippen LogP contribution in [0.25, 0.3) is 0 Å². The van der Waals surface area contributed by atoms with Crippen LogP contribution in [0.1, 0.15) is 35.2 Å². The number of nitrogens with two attached hydrogens (primary N) is 1. The zero-order chi connectivity index (χ0) is 19.1. The summed E-state index contributed by atoms with van der Waals surface area (Å²) in [5.74, 6) is 0.0486. The van der Waals surface area contributed by atoms with E-state index in [4.69, 9.17) is 0 Å². The van der Waals surface area contributed by atoms with Gasteiger partial charge in [-0.3, -0.25) is 4.79 Å². The Bertz CT molecular complexity index is 805. The van der Waals surface area contributed by atoms with Gasteiger partial charge in [0.1, 0.15) is 6.04 Å². The SMILES string of the molecule is Cc1ccc(CNC(=O)[C@H](C)[NH2+]C(c2ccccc2)c2ccccc2)cc1. The number of benzene rings is 3. The van der Waals surface area contributed by atoms with E-state index >= 15 is 0 Å². The maximum atomic E-state index is 12.6. The second-order valence-corrected chi connectivity index (χ2v) is 6.98. The number of amides is 1. The minimum atomic E-state index is -0.194. The van der Waals surface area contributed by atoms with Gasteiger partial charge in [0.25, 0.3) is 5.91 Å². The van der Waals surface area contributed by atoms with E-state index in [1.54, 1.807) is 0 Å². The first-order valence-electron chi connectivity index (χ1n) is 9.41. The number of quaternary nitrogens is 1. The molecule has 138 valence electrons. The largest absolute Gasteiger partial charge is 0.347 e. The van der Waals surface area contributed by atoms with Gasteiger partial charge in [-0.2, -0.15) is 0 Å². The minimum Gasteiger partial charge on any atom is -0.347 e. The highest BCUT2D eigenvalue weighted by atomic mass is 16.2. The zero-order valence-corrected chi connectivity index (χ0v) is 15.9. The van der Waals surface area contributed by atoms with Crippen LogP contribution in [0.4, 0.5) is 0 Å². The Hall–Kier alpha value is -2.91. The van der Waals surface area contributed by atoms with Crippen molar-refractivity contribution in [3.8, 4) is 0 Å². The van der Waals surface area contributed by atoms with Gasteiger partial charge in [-0.25, -0.2) is 0 Å². The molecule has 0 radical (unpaired) electrons. The molecule has 3 aromatic carbocycles. The van der Waals surface area contributed by atoms with Crippen molar-refractivity contribution in [2.75, 3.05) is 0 Å². The van der Waals surface area contributed by atoms with E-state index in [2.05, 4.69) is 66.1 Å². The van der Waals surface area contributed by atoms with Crippen LogP contribution >= 0.6 is 0 Å². The molecule has 3 rings (SSSR count). The highest BCUT2D eigenvalue weighted by Gasteiger charge is 2.24. The molecule has 0 saturated heterocycles. The lowest BCUT2D eigenvalue weighted by Gasteiger charge is -2.20. The van der Waals surface area contributed by atoms with Crippen LogP contribution in [0, 0.1) is 6.92 Å². The Labute approximate surface area is 161 Å². The van der Waals surface area contributed by atoms with Gasteiger partial charge in [0.2, 0.25) is 0 Å². The molecule has 0 saturated carbocycles. The van der Waals surface area contributed by atoms with Gasteiger partial charge >= 0.3 is 0 Å². The number of hydrogen-bond donors (Lipinski definition) is 2. The molecular formula is C24H27N2O+. The Kier molecular flexibility index (Phi) is 6.39. The number of rotatable bonds is 7. The first-order valence-corrected chi connectivity index (χ1v) is 9.41. The number of nitrogens with one attached hydrogen (secondary N) is 1. The summed E-state index contributed by atoms with van der Waals surface area (Å²) in [6, 6.07) is 28.8. The highest BCUT2D eigenvalue weighted by Crippen LogP contribution is 2.18. The van der Waals surface area contributed by atoms with Gasteiger partial charge in [-0.15, -0.1) is 0 Å². The zero-order valence-electron chi connectivity index (χ0n) is 15.9. The molecule has 0 heterocycles. The Morgan fingerprint density at radius 2 is 1.37 bits per heavy atom. The molecule has 0 aliphatic rings. The standard InChI is InChI=1S/C24H26N2O/c1-18-13-15-20(16-14-18)17-25-24(27)19(2)26-23(21-9-5-3-6-10-21)22-11-7-4-8-12-22/h3-16,19,23,26H,17H2,1-2H3,(H,25,27)/p+1/t19-/m0/s1. The molecule has 1 atom stereocenters. The smallest absolute Gasteiger partial charge is 0.278 e. The monoisotopic (exact) mass is 359 g/mol. The molecule has 3 nitrogen and oxygen atoms in total. The molecule has 0 aromatic heterocycles. The van der Waals surface area contributed by atoms with Crippen LogP contribution < -0.4 is 10.6 Å². The fourth-order valence-corrected chi connectivity index (χ4v) is 3.17. The molecule has 0 bridgehead atoms. The summed E-state index contributed by atoms with van der Waals surface area (Å²) < 4.78 is 0. The van der Waals surface area contributed by atoms with E-state index in [9.17, 15) is 4.79 Å². The van der Waals surface area contributed by atoms with E-state index in [1.807, 2.05) is 43.3 Å². The van der Waals surface area contributed by atoms with Crippen molar-refractivity contribution in [1.29, 1.82) is 0 Å². The van der Waals surface area contributed by atoms with Crippen LogP contribution in [0.5, 0.6) is 0 Å². The average Bonchev–Trinajstić information content (AvgIpc) is 2.72. The summed E-state index contributed by atoms with van der Waals surface area (Å²) in [6.45, 7) is 4.58.